The number of rotatable bonds is 3. The molecule has 0 unspecified atom stereocenters. The summed E-state index contributed by atoms with van der Waals surface area (Å²) in [5.41, 5.74) is 7.74. The lowest BCUT2D eigenvalue weighted by atomic mass is 10.1. The Morgan fingerprint density at radius 1 is 1.60 bits per heavy atom. The van der Waals surface area contributed by atoms with Gasteiger partial charge >= 0.3 is 0 Å². The van der Waals surface area contributed by atoms with Crippen molar-refractivity contribution in [3.05, 3.63) is 29.3 Å². The zero-order valence-corrected chi connectivity index (χ0v) is 8.95. The molecule has 0 aromatic heterocycles. The average Bonchev–Trinajstić information content (AvgIpc) is 2.21. The van der Waals surface area contributed by atoms with Gasteiger partial charge in [-0.25, -0.2) is 0 Å². The number of aryl methyl sites for hydroxylation is 1. The van der Waals surface area contributed by atoms with Crippen LogP contribution < -0.4 is 11.1 Å². The summed E-state index contributed by atoms with van der Waals surface area (Å²) >= 11 is 0. The first-order chi connectivity index (χ1) is 7.04. The van der Waals surface area contributed by atoms with Crippen LogP contribution in [0.1, 0.15) is 22.8 Å². The molecular weight excluding hydrogens is 192 g/mol. The van der Waals surface area contributed by atoms with Gasteiger partial charge < -0.3 is 16.2 Å². The van der Waals surface area contributed by atoms with Crippen molar-refractivity contribution < 1.29 is 9.90 Å². The van der Waals surface area contributed by atoms with E-state index >= 15 is 0 Å². The molecule has 0 heterocycles. The van der Waals surface area contributed by atoms with Crippen LogP contribution in [0.4, 0.5) is 5.69 Å². The van der Waals surface area contributed by atoms with Gasteiger partial charge in [0.25, 0.3) is 5.91 Å². The number of amides is 1. The molecule has 0 bridgehead atoms. The molecular formula is C11H16N2O2. The highest BCUT2D eigenvalue weighted by Gasteiger charge is 2.09. The van der Waals surface area contributed by atoms with Gasteiger partial charge in [0.05, 0.1) is 6.61 Å². The minimum atomic E-state index is -0.240. The van der Waals surface area contributed by atoms with E-state index in [1.165, 1.54) is 0 Å². The lowest BCUT2D eigenvalue weighted by Crippen LogP contribution is -2.35. The van der Waals surface area contributed by atoms with Gasteiger partial charge in [0.15, 0.2) is 0 Å². The molecule has 1 aromatic carbocycles. The first-order valence-electron chi connectivity index (χ1n) is 4.82. The molecule has 0 aliphatic carbocycles. The van der Waals surface area contributed by atoms with Crippen molar-refractivity contribution in [3.8, 4) is 0 Å². The second-order valence-corrected chi connectivity index (χ2v) is 3.63. The first kappa shape index (κ1) is 11.5. The summed E-state index contributed by atoms with van der Waals surface area (Å²) < 4.78 is 0. The van der Waals surface area contributed by atoms with Gasteiger partial charge in [-0.05, 0) is 37.6 Å². The summed E-state index contributed by atoms with van der Waals surface area (Å²) in [6.45, 7) is 3.52. The molecule has 4 nitrogen and oxygen atoms in total. The number of anilines is 1. The molecule has 1 atom stereocenters. The van der Waals surface area contributed by atoms with E-state index in [2.05, 4.69) is 5.32 Å². The topological polar surface area (TPSA) is 75.3 Å². The van der Waals surface area contributed by atoms with E-state index in [9.17, 15) is 4.79 Å². The molecule has 0 radical (unpaired) electrons. The van der Waals surface area contributed by atoms with Gasteiger partial charge in [-0.15, -0.1) is 0 Å². The smallest absolute Gasteiger partial charge is 0.251 e. The molecule has 1 rings (SSSR count). The second-order valence-electron chi connectivity index (χ2n) is 3.63. The van der Waals surface area contributed by atoms with Crippen molar-refractivity contribution in [2.45, 2.75) is 19.9 Å². The van der Waals surface area contributed by atoms with Crippen molar-refractivity contribution in [1.29, 1.82) is 0 Å². The lowest BCUT2D eigenvalue weighted by molar-refractivity contribution is 0.0922. The first-order valence-corrected chi connectivity index (χ1v) is 4.82. The molecule has 0 saturated heterocycles. The average molecular weight is 208 g/mol. The van der Waals surface area contributed by atoms with Gasteiger partial charge in [-0.1, -0.05) is 0 Å². The Hall–Kier alpha value is -1.55. The quantitative estimate of drug-likeness (QED) is 0.640. The molecule has 1 aromatic rings. The highest BCUT2D eigenvalue weighted by molar-refractivity contribution is 5.95. The van der Waals surface area contributed by atoms with Crippen LogP contribution in [0.5, 0.6) is 0 Å². The summed E-state index contributed by atoms with van der Waals surface area (Å²) in [7, 11) is 0. The van der Waals surface area contributed by atoms with Gasteiger partial charge in [0, 0.05) is 17.3 Å². The molecule has 0 spiro atoms. The van der Waals surface area contributed by atoms with Crippen LogP contribution in [-0.4, -0.2) is 23.7 Å². The fourth-order valence-electron chi connectivity index (χ4n) is 1.17. The molecule has 0 saturated carbocycles. The van der Waals surface area contributed by atoms with Gasteiger partial charge in [0.1, 0.15) is 0 Å². The molecule has 82 valence electrons. The van der Waals surface area contributed by atoms with Crippen molar-refractivity contribution in [2.75, 3.05) is 12.3 Å². The van der Waals surface area contributed by atoms with Crippen LogP contribution in [0.3, 0.4) is 0 Å². The van der Waals surface area contributed by atoms with Crippen molar-refractivity contribution in [3.63, 3.8) is 0 Å². The van der Waals surface area contributed by atoms with Crippen LogP contribution >= 0.6 is 0 Å². The Balaban J connectivity index is 2.78. The number of benzene rings is 1. The SMILES string of the molecule is Cc1cc(C(=O)N[C@@H](C)CO)ccc1N. The number of nitrogen functional groups attached to an aromatic ring is 1. The summed E-state index contributed by atoms with van der Waals surface area (Å²) in [4.78, 5) is 11.6. The minimum absolute atomic E-state index is 0.0697. The van der Waals surface area contributed by atoms with E-state index in [1.54, 1.807) is 25.1 Å². The summed E-state index contributed by atoms with van der Waals surface area (Å²) in [5.74, 6) is -0.195. The highest BCUT2D eigenvalue weighted by Crippen LogP contribution is 2.12. The third-order valence-corrected chi connectivity index (χ3v) is 2.18. The van der Waals surface area contributed by atoms with E-state index in [0.29, 0.717) is 11.3 Å². The Morgan fingerprint density at radius 3 is 2.80 bits per heavy atom. The number of carbonyl (C=O) groups excluding carboxylic acids is 1. The van der Waals surface area contributed by atoms with E-state index < -0.39 is 0 Å². The number of hydrogen-bond acceptors (Lipinski definition) is 3. The van der Waals surface area contributed by atoms with Gasteiger partial charge in [-0.3, -0.25) is 4.79 Å². The van der Waals surface area contributed by atoms with E-state index in [4.69, 9.17) is 10.8 Å². The number of hydrogen-bond donors (Lipinski definition) is 3. The van der Waals surface area contributed by atoms with E-state index in [0.717, 1.165) is 5.56 Å². The zero-order valence-electron chi connectivity index (χ0n) is 8.95. The van der Waals surface area contributed by atoms with Gasteiger partial charge in [0.2, 0.25) is 0 Å². The minimum Gasteiger partial charge on any atom is -0.399 e. The molecule has 0 aliphatic rings. The number of aliphatic hydroxyl groups excluding tert-OH is 1. The Labute approximate surface area is 89.1 Å². The van der Waals surface area contributed by atoms with Crippen molar-refractivity contribution in [1.82, 2.24) is 5.32 Å². The lowest BCUT2D eigenvalue weighted by Gasteiger charge is -2.11. The monoisotopic (exact) mass is 208 g/mol. The Bertz CT molecular complexity index is 364. The van der Waals surface area contributed by atoms with Crippen LogP contribution in [0, 0.1) is 6.92 Å². The maximum absolute atomic E-state index is 11.6. The van der Waals surface area contributed by atoms with Crippen LogP contribution in [0.2, 0.25) is 0 Å². The second kappa shape index (κ2) is 4.79. The summed E-state index contributed by atoms with van der Waals surface area (Å²) in [6.07, 6.45) is 0. The van der Waals surface area contributed by atoms with Crippen LogP contribution in [0.15, 0.2) is 18.2 Å². The van der Waals surface area contributed by atoms with Gasteiger partial charge in [-0.2, -0.15) is 0 Å². The van der Waals surface area contributed by atoms with Crippen LogP contribution in [-0.2, 0) is 0 Å². The molecule has 15 heavy (non-hydrogen) atoms. The fourth-order valence-corrected chi connectivity index (χ4v) is 1.17. The zero-order chi connectivity index (χ0) is 11.4. The summed E-state index contributed by atoms with van der Waals surface area (Å²) in [5, 5.41) is 11.5. The third-order valence-electron chi connectivity index (χ3n) is 2.18. The fraction of sp³-hybridized carbons (Fsp3) is 0.364. The number of carbonyl (C=O) groups is 1. The number of aliphatic hydroxyl groups is 1. The number of nitrogens with two attached hydrogens (primary N) is 1. The molecule has 4 heteroatoms. The largest absolute Gasteiger partial charge is 0.399 e. The Morgan fingerprint density at radius 2 is 2.27 bits per heavy atom. The Kier molecular flexibility index (Phi) is 3.68. The normalized spacial score (nSPS) is 12.2. The third kappa shape index (κ3) is 2.95. The number of nitrogens with one attached hydrogen (secondary N) is 1. The molecule has 1 amide bonds. The summed E-state index contributed by atoms with van der Waals surface area (Å²) in [6, 6.07) is 4.86. The molecule has 0 aliphatic heterocycles. The highest BCUT2D eigenvalue weighted by atomic mass is 16.3. The predicted octanol–water partition coefficient (Wildman–Crippen LogP) is 0.688. The maximum atomic E-state index is 11.6. The molecule has 0 fully saturated rings. The predicted molar refractivity (Wildman–Crippen MR) is 59.6 cm³/mol. The molecule has 4 N–H and O–H groups in total. The van der Waals surface area contributed by atoms with Crippen molar-refractivity contribution >= 4 is 11.6 Å². The maximum Gasteiger partial charge on any atom is 0.251 e. The van der Waals surface area contributed by atoms with Crippen molar-refractivity contribution in [2.24, 2.45) is 0 Å². The van der Waals surface area contributed by atoms with Crippen LogP contribution in [0.25, 0.3) is 0 Å². The van der Waals surface area contributed by atoms with E-state index in [1.807, 2.05) is 6.92 Å². The standard InChI is InChI=1S/C11H16N2O2/c1-7-5-9(3-4-10(7)12)11(15)13-8(2)6-14/h3-5,8,14H,6,12H2,1-2H3,(H,13,15)/t8-/m0/s1. The van der Waals surface area contributed by atoms with E-state index in [-0.39, 0.29) is 18.6 Å².